The van der Waals surface area contributed by atoms with E-state index in [2.05, 4.69) is 9.97 Å². The van der Waals surface area contributed by atoms with Gasteiger partial charge in [-0.1, -0.05) is 60.7 Å². The Morgan fingerprint density at radius 3 is 2.12 bits per heavy atom. The standard InChI is InChI=1S/C23H20N4O5/c28-12-16-15(29)11-17(32-16)27-21-20(22(30)26-23(27)31)24-18(13-7-3-1-4-8-13)19(25-21)14-9-5-2-6-10-14/h1-10,15-17,28-29H,11-12H2,(H,26,30,31)/t15-,16+,17-/m0/s1. The summed E-state index contributed by atoms with van der Waals surface area (Å²) in [4.78, 5) is 37.1. The van der Waals surface area contributed by atoms with Gasteiger partial charge in [0.2, 0.25) is 0 Å². The summed E-state index contributed by atoms with van der Waals surface area (Å²) in [5.41, 5.74) is 1.18. The van der Waals surface area contributed by atoms with Crippen LogP contribution in [0.2, 0.25) is 0 Å². The molecular weight excluding hydrogens is 412 g/mol. The number of aliphatic hydroxyl groups excluding tert-OH is 2. The summed E-state index contributed by atoms with van der Waals surface area (Å²) in [6.45, 7) is -0.396. The average Bonchev–Trinajstić information content (AvgIpc) is 3.19. The number of aromatic nitrogens is 4. The number of fused-ring (bicyclic) bond motifs is 1. The van der Waals surface area contributed by atoms with Gasteiger partial charge in [0.05, 0.1) is 24.1 Å². The lowest BCUT2D eigenvalue weighted by Crippen LogP contribution is -2.34. The van der Waals surface area contributed by atoms with Crippen molar-refractivity contribution in [3.63, 3.8) is 0 Å². The summed E-state index contributed by atoms with van der Waals surface area (Å²) in [6.07, 6.45) is -2.63. The van der Waals surface area contributed by atoms with Crippen LogP contribution in [0, 0.1) is 0 Å². The largest absolute Gasteiger partial charge is 0.394 e. The van der Waals surface area contributed by atoms with Gasteiger partial charge >= 0.3 is 5.69 Å². The Labute approximate surface area is 181 Å². The van der Waals surface area contributed by atoms with Crippen LogP contribution in [0.4, 0.5) is 0 Å². The highest BCUT2D eigenvalue weighted by Gasteiger charge is 2.36. The monoisotopic (exact) mass is 432 g/mol. The maximum absolute atomic E-state index is 12.8. The summed E-state index contributed by atoms with van der Waals surface area (Å²) in [5, 5.41) is 19.6. The fourth-order valence-electron chi connectivity index (χ4n) is 3.96. The van der Waals surface area contributed by atoms with E-state index in [1.807, 2.05) is 60.7 Å². The number of aromatic amines is 1. The molecule has 9 nitrogen and oxygen atoms in total. The molecule has 0 unspecified atom stereocenters. The highest BCUT2D eigenvalue weighted by Crippen LogP contribution is 2.32. The highest BCUT2D eigenvalue weighted by atomic mass is 16.5. The Morgan fingerprint density at radius 1 is 0.969 bits per heavy atom. The molecule has 4 aromatic rings. The third-order valence-corrected chi connectivity index (χ3v) is 5.53. The summed E-state index contributed by atoms with van der Waals surface area (Å²) in [6, 6.07) is 18.7. The first-order valence-corrected chi connectivity index (χ1v) is 10.2. The van der Waals surface area contributed by atoms with Crippen LogP contribution >= 0.6 is 0 Å². The topological polar surface area (TPSA) is 130 Å². The number of H-pyrrole nitrogens is 1. The molecule has 0 amide bonds. The second-order valence-electron chi connectivity index (χ2n) is 7.57. The molecule has 9 heteroatoms. The van der Waals surface area contributed by atoms with Gasteiger partial charge in [0.1, 0.15) is 12.3 Å². The van der Waals surface area contributed by atoms with Crippen molar-refractivity contribution in [2.24, 2.45) is 0 Å². The van der Waals surface area contributed by atoms with E-state index in [0.717, 1.165) is 11.1 Å². The molecule has 0 spiro atoms. The molecule has 1 aliphatic heterocycles. The quantitative estimate of drug-likeness (QED) is 0.445. The van der Waals surface area contributed by atoms with Gasteiger partial charge in [-0.2, -0.15) is 0 Å². The molecule has 2 aromatic carbocycles. The van der Waals surface area contributed by atoms with Gasteiger partial charge in [0.25, 0.3) is 5.56 Å². The SMILES string of the molecule is O=c1[nH]c(=O)n([C@@H]2C[C@H](O)[C@@H](CO)O2)c2nc(-c3ccccc3)c(-c3ccccc3)nc12. The predicted molar refractivity (Wildman–Crippen MR) is 117 cm³/mol. The zero-order valence-electron chi connectivity index (χ0n) is 16.9. The Morgan fingerprint density at radius 2 is 1.56 bits per heavy atom. The molecule has 1 saturated heterocycles. The number of rotatable bonds is 4. The van der Waals surface area contributed by atoms with Crippen LogP contribution in [0.1, 0.15) is 12.6 Å². The predicted octanol–water partition coefficient (Wildman–Crippen LogP) is 1.45. The van der Waals surface area contributed by atoms with Gasteiger partial charge in [0.15, 0.2) is 11.2 Å². The lowest BCUT2D eigenvalue weighted by Gasteiger charge is -2.17. The van der Waals surface area contributed by atoms with Crippen molar-refractivity contribution in [1.82, 2.24) is 19.5 Å². The zero-order valence-corrected chi connectivity index (χ0v) is 16.9. The number of benzene rings is 2. The van der Waals surface area contributed by atoms with Gasteiger partial charge in [-0.25, -0.2) is 19.3 Å². The third kappa shape index (κ3) is 3.42. The maximum Gasteiger partial charge on any atom is 0.332 e. The minimum absolute atomic E-state index is 0.0197. The summed E-state index contributed by atoms with van der Waals surface area (Å²) in [5.74, 6) is 0. The molecule has 0 aliphatic carbocycles. The Bertz CT molecular complexity index is 1380. The normalized spacial score (nSPS) is 20.6. The molecule has 1 fully saturated rings. The third-order valence-electron chi connectivity index (χ3n) is 5.53. The fraction of sp³-hybridized carbons (Fsp3) is 0.217. The summed E-state index contributed by atoms with van der Waals surface area (Å²) in [7, 11) is 0. The van der Waals surface area contributed by atoms with E-state index in [0.29, 0.717) is 11.4 Å². The first-order valence-electron chi connectivity index (χ1n) is 10.2. The van der Waals surface area contributed by atoms with E-state index in [1.165, 1.54) is 4.57 Å². The van der Waals surface area contributed by atoms with E-state index in [9.17, 15) is 19.8 Å². The van der Waals surface area contributed by atoms with Crippen molar-refractivity contribution in [1.29, 1.82) is 0 Å². The van der Waals surface area contributed by atoms with E-state index in [-0.39, 0.29) is 17.6 Å². The Balaban J connectivity index is 1.81. The number of nitrogens with zero attached hydrogens (tertiary/aromatic N) is 3. The van der Waals surface area contributed by atoms with Gasteiger partial charge < -0.3 is 14.9 Å². The van der Waals surface area contributed by atoms with E-state index in [1.54, 1.807) is 0 Å². The molecular formula is C23H20N4O5. The molecule has 1 aliphatic rings. The van der Waals surface area contributed by atoms with E-state index < -0.39 is 36.3 Å². The van der Waals surface area contributed by atoms with Crippen LogP contribution in [-0.4, -0.2) is 48.5 Å². The van der Waals surface area contributed by atoms with Gasteiger partial charge in [-0.05, 0) is 0 Å². The van der Waals surface area contributed by atoms with Crippen LogP contribution in [0.5, 0.6) is 0 Å². The first-order chi connectivity index (χ1) is 15.6. The van der Waals surface area contributed by atoms with Crippen LogP contribution in [0.3, 0.4) is 0 Å². The Kier molecular flexibility index (Phi) is 5.14. The molecule has 162 valence electrons. The molecule has 0 bridgehead atoms. The average molecular weight is 432 g/mol. The van der Waals surface area contributed by atoms with Gasteiger partial charge in [-0.3, -0.25) is 9.78 Å². The van der Waals surface area contributed by atoms with Gasteiger partial charge in [0, 0.05) is 17.5 Å². The second kappa shape index (κ2) is 8.12. The van der Waals surface area contributed by atoms with Crippen molar-refractivity contribution in [3.05, 3.63) is 81.5 Å². The fourth-order valence-corrected chi connectivity index (χ4v) is 3.96. The van der Waals surface area contributed by atoms with Gasteiger partial charge in [-0.15, -0.1) is 0 Å². The minimum Gasteiger partial charge on any atom is -0.394 e. The zero-order chi connectivity index (χ0) is 22.2. The van der Waals surface area contributed by atoms with Crippen LogP contribution in [0.25, 0.3) is 33.7 Å². The molecule has 0 saturated carbocycles. The lowest BCUT2D eigenvalue weighted by atomic mass is 10.0. The number of ether oxygens (including phenoxy) is 1. The van der Waals surface area contributed by atoms with E-state index in [4.69, 9.17) is 9.72 Å². The summed E-state index contributed by atoms with van der Waals surface area (Å²) >= 11 is 0. The lowest BCUT2D eigenvalue weighted by molar-refractivity contribution is -0.0445. The van der Waals surface area contributed by atoms with Crippen molar-refractivity contribution >= 4 is 11.2 Å². The van der Waals surface area contributed by atoms with Crippen molar-refractivity contribution in [3.8, 4) is 22.5 Å². The first kappa shape index (κ1) is 20.3. The van der Waals surface area contributed by atoms with Crippen LogP contribution in [-0.2, 0) is 4.74 Å². The summed E-state index contributed by atoms with van der Waals surface area (Å²) < 4.78 is 6.86. The molecule has 3 heterocycles. The van der Waals surface area contributed by atoms with Crippen molar-refractivity contribution in [2.75, 3.05) is 6.61 Å². The van der Waals surface area contributed by atoms with Crippen LogP contribution < -0.4 is 11.2 Å². The van der Waals surface area contributed by atoms with Crippen LogP contribution in [0.15, 0.2) is 70.3 Å². The molecule has 32 heavy (non-hydrogen) atoms. The number of aliphatic hydroxyl groups is 2. The maximum atomic E-state index is 12.8. The minimum atomic E-state index is -0.955. The van der Waals surface area contributed by atoms with Crippen molar-refractivity contribution < 1.29 is 14.9 Å². The Hall–Kier alpha value is -3.66. The number of hydrogen-bond donors (Lipinski definition) is 3. The highest BCUT2D eigenvalue weighted by molar-refractivity contribution is 5.84. The molecule has 3 atom stereocenters. The number of nitrogens with one attached hydrogen (secondary N) is 1. The second-order valence-corrected chi connectivity index (χ2v) is 7.57. The smallest absolute Gasteiger partial charge is 0.332 e. The van der Waals surface area contributed by atoms with Crippen molar-refractivity contribution in [2.45, 2.75) is 24.9 Å². The molecule has 0 radical (unpaired) electrons. The van der Waals surface area contributed by atoms with E-state index >= 15 is 0 Å². The molecule has 3 N–H and O–H groups in total. The molecule has 5 rings (SSSR count). The number of hydrogen-bond acceptors (Lipinski definition) is 7. The molecule has 2 aromatic heterocycles.